The van der Waals surface area contributed by atoms with Gasteiger partial charge in [-0.15, -0.1) is 4.68 Å². The molecule has 0 bridgehead atoms. The third kappa shape index (κ3) is 3.56. The zero-order chi connectivity index (χ0) is 26.0. The Kier molecular flexibility index (Phi) is 5.25. The zero-order valence-corrected chi connectivity index (χ0v) is 22.1. The first-order valence-electron chi connectivity index (χ1n) is 12.6. The molecule has 0 saturated heterocycles. The number of nitrogens with zero attached hydrogens (tertiary/aromatic N) is 9. The van der Waals surface area contributed by atoms with E-state index in [2.05, 4.69) is 82.3 Å². The Morgan fingerprint density at radius 1 is 0.838 bits per heavy atom. The molecular weight excluding hydrogens is 466 g/mol. The molecule has 0 aliphatic carbocycles. The van der Waals surface area contributed by atoms with Crippen molar-refractivity contribution in [1.29, 1.82) is 0 Å². The number of H-pyrrole nitrogens is 2. The van der Waals surface area contributed by atoms with Crippen molar-refractivity contribution in [2.75, 3.05) is 0 Å². The second-order valence-electron chi connectivity index (χ2n) is 10.4. The minimum Gasteiger partial charge on any atom is -0.247 e. The van der Waals surface area contributed by atoms with Crippen LogP contribution < -0.4 is 9.25 Å². The van der Waals surface area contributed by atoms with Gasteiger partial charge in [0.25, 0.3) is 5.65 Å². The van der Waals surface area contributed by atoms with E-state index in [0.29, 0.717) is 5.95 Å². The Morgan fingerprint density at radius 3 is 2.35 bits per heavy atom. The van der Waals surface area contributed by atoms with Crippen LogP contribution in [0.2, 0.25) is 0 Å². The molecule has 0 unspecified atom stereocenters. The van der Waals surface area contributed by atoms with E-state index in [1.165, 1.54) is 0 Å². The molecule has 2 N–H and O–H groups in total. The first kappa shape index (κ1) is 23.1. The fourth-order valence-electron chi connectivity index (χ4n) is 5.08. The molecule has 11 nitrogen and oxygen atoms in total. The van der Waals surface area contributed by atoms with Gasteiger partial charge in [0.05, 0.1) is 28.0 Å². The maximum atomic E-state index is 5.03. The van der Waals surface area contributed by atoms with Crippen molar-refractivity contribution in [3.05, 3.63) is 48.2 Å². The monoisotopic (exact) mass is 497 g/mol. The standard InChI is InChI=1S/C26H30N11/c1-13(2)20-18-10-37(35(7)25(18)28-11-27-20)26-32-21(14(3)4)16-8-19(31-24(16)33-26)36-12-29-23-17(9-30-34-23)22(36)15(5)6/h8-15H,1-7H3,(H,31,32,33)/q+1/p+1. The van der Waals surface area contributed by atoms with Crippen molar-refractivity contribution < 1.29 is 9.25 Å². The van der Waals surface area contributed by atoms with E-state index >= 15 is 0 Å². The highest BCUT2D eigenvalue weighted by molar-refractivity contribution is 5.82. The molecule has 6 aromatic heterocycles. The summed E-state index contributed by atoms with van der Waals surface area (Å²) in [7, 11) is 1.97. The van der Waals surface area contributed by atoms with Crippen molar-refractivity contribution in [2.24, 2.45) is 7.05 Å². The van der Waals surface area contributed by atoms with Crippen LogP contribution in [0.3, 0.4) is 0 Å². The summed E-state index contributed by atoms with van der Waals surface area (Å²) in [6.45, 7) is 12.9. The average Bonchev–Trinajstić information content (AvgIpc) is 3.59. The number of fused-ring (bicyclic) bond motifs is 3. The van der Waals surface area contributed by atoms with Crippen LogP contribution >= 0.6 is 0 Å². The minimum atomic E-state index is 0.193. The van der Waals surface area contributed by atoms with Crippen molar-refractivity contribution >= 4 is 33.1 Å². The molecule has 0 radical (unpaired) electrons. The topological polar surface area (TPSA) is 122 Å². The van der Waals surface area contributed by atoms with E-state index in [9.17, 15) is 0 Å². The van der Waals surface area contributed by atoms with Gasteiger partial charge in [-0.2, -0.15) is 5.10 Å². The lowest BCUT2D eigenvalue weighted by Crippen LogP contribution is -2.41. The Bertz CT molecular complexity index is 1790. The van der Waals surface area contributed by atoms with Gasteiger partial charge < -0.3 is 0 Å². The highest BCUT2D eigenvalue weighted by atomic mass is 15.4. The molecule has 0 spiro atoms. The van der Waals surface area contributed by atoms with E-state index in [-0.39, 0.29) is 17.8 Å². The lowest BCUT2D eigenvalue weighted by Gasteiger charge is -2.09. The maximum absolute atomic E-state index is 5.03. The van der Waals surface area contributed by atoms with Crippen LogP contribution in [0.15, 0.2) is 31.1 Å². The smallest absolute Gasteiger partial charge is 0.247 e. The summed E-state index contributed by atoms with van der Waals surface area (Å²) < 4.78 is 6.01. The molecule has 0 aromatic carbocycles. The van der Waals surface area contributed by atoms with E-state index in [4.69, 9.17) is 9.97 Å². The molecule has 0 saturated carbocycles. The first-order valence-corrected chi connectivity index (χ1v) is 12.6. The molecule has 0 fully saturated rings. The normalized spacial score (nSPS) is 12.4. The highest BCUT2D eigenvalue weighted by Gasteiger charge is 2.29. The van der Waals surface area contributed by atoms with Gasteiger partial charge in [0.2, 0.25) is 17.8 Å². The number of aromatic nitrogens is 11. The third-order valence-electron chi connectivity index (χ3n) is 6.83. The van der Waals surface area contributed by atoms with Crippen LogP contribution in [-0.2, 0) is 7.05 Å². The molecule has 0 atom stereocenters. The van der Waals surface area contributed by atoms with Gasteiger partial charge in [-0.1, -0.05) is 51.5 Å². The number of rotatable bonds is 5. The quantitative estimate of drug-likeness (QED) is 0.352. The van der Waals surface area contributed by atoms with Gasteiger partial charge in [0.1, 0.15) is 23.9 Å². The summed E-state index contributed by atoms with van der Waals surface area (Å²) in [6, 6.07) is 2.11. The lowest BCUT2D eigenvalue weighted by molar-refractivity contribution is -0.686. The Labute approximate surface area is 213 Å². The van der Waals surface area contributed by atoms with Crippen molar-refractivity contribution in [2.45, 2.75) is 59.3 Å². The van der Waals surface area contributed by atoms with Crippen molar-refractivity contribution in [1.82, 2.24) is 44.8 Å². The first-order chi connectivity index (χ1) is 17.7. The molecule has 0 amide bonds. The van der Waals surface area contributed by atoms with Gasteiger partial charge in [0, 0.05) is 24.9 Å². The van der Waals surface area contributed by atoms with Crippen LogP contribution in [0.4, 0.5) is 0 Å². The van der Waals surface area contributed by atoms with Crippen LogP contribution in [0.1, 0.15) is 76.4 Å². The fraction of sp³-hybridized carbons (Fsp3) is 0.385. The van der Waals surface area contributed by atoms with E-state index in [1.54, 1.807) is 6.33 Å². The van der Waals surface area contributed by atoms with Crippen LogP contribution in [-0.4, -0.2) is 44.8 Å². The molecule has 37 heavy (non-hydrogen) atoms. The molecule has 6 aromatic rings. The summed E-state index contributed by atoms with van der Waals surface area (Å²) in [5.74, 6) is 2.19. The summed E-state index contributed by atoms with van der Waals surface area (Å²) in [4.78, 5) is 27.2. The highest BCUT2D eigenvalue weighted by Crippen LogP contribution is 2.26. The number of aromatic amines is 2. The van der Waals surface area contributed by atoms with Gasteiger partial charge in [0.15, 0.2) is 5.65 Å². The zero-order valence-electron chi connectivity index (χ0n) is 22.1. The predicted octanol–water partition coefficient (Wildman–Crippen LogP) is 3.43. The largest absolute Gasteiger partial charge is 0.458 e. The van der Waals surface area contributed by atoms with E-state index in [1.807, 2.05) is 35.1 Å². The number of hydrogen-bond donors (Lipinski definition) is 2. The molecule has 6 rings (SSSR count). The number of aryl methyl sites for hydroxylation is 1. The summed E-state index contributed by atoms with van der Waals surface area (Å²) in [6.07, 6.45) is 7.31. The van der Waals surface area contributed by atoms with Crippen LogP contribution in [0.5, 0.6) is 0 Å². The summed E-state index contributed by atoms with van der Waals surface area (Å²) >= 11 is 0. The number of hydrogen-bond acceptors (Lipinski definition) is 6. The van der Waals surface area contributed by atoms with Crippen LogP contribution in [0, 0.1) is 0 Å². The molecular formula is C26H31N11+2. The Morgan fingerprint density at radius 2 is 1.62 bits per heavy atom. The average molecular weight is 498 g/mol. The Balaban J connectivity index is 1.58. The van der Waals surface area contributed by atoms with E-state index in [0.717, 1.165) is 56.0 Å². The molecule has 6 heterocycles. The molecule has 0 aliphatic rings. The van der Waals surface area contributed by atoms with Gasteiger partial charge in [-0.25, -0.2) is 29.3 Å². The summed E-state index contributed by atoms with van der Waals surface area (Å²) in [5.41, 5.74) is 5.48. The van der Waals surface area contributed by atoms with E-state index < -0.39 is 0 Å². The molecule has 188 valence electrons. The molecule has 0 aliphatic heterocycles. The lowest BCUT2D eigenvalue weighted by atomic mass is 10.1. The van der Waals surface area contributed by atoms with Gasteiger partial charge >= 0.3 is 5.95 Å². The van der Waals surface area contributed by atoms with Crippen molar-refractivity contribution in [3.8, 4) is 11.8 Å². The van der Waals surface area contributed by atoms with Gasteiger partial charge in [-0.05, 0) is 10.9 Å². The minimum absolute atomic E-state index is 0.193. The second kappa shape index (κ2) is 8.39. The Hall–Kier alpha value is -4.28. The van der Waals surface area contributed by atoms with Crippen LogP contribution in [0.25, 0.3) is 44.9 Å². The summed E-state index contributed by atoms with van der Waals surface area (Å²) in [5, 5.41) is 10.2. The SMILES string of the molecule is CC(C)c1nc(-[n+]2cc3c(C(C)C)ncnc3n2C)nc2[nH]c(-[n+]3cnc4[nH]ncc4c3C(C)C)cc12. The van der Waals surface area contributed by atoms with Crippen molar-refractivity contribution in [3.63, 3.8) is 0 Å². The number of nitrogens with one attached hydrogen (secondary N) is 2. The second-order valence-corrected chi connectivity index (χ2v) is 10.4. The predicted molar refractivity (Wildman–Crippen MR) is 139 cm³/mol. The molecule has 11 heteroatoms. The third-order valence-corrected chi connectivity index (χ3v) is 6.83. The maximum Gasteiger partial charge on any atom is 0.458 e. The van der Waals surface area contributed by atoms with Gasteiger partial charge in [-0.3, -0.25) is 0 Å². The fourth-order valence-corrected chi connectivity index (χ4v) is 5.08.